The third-order valence-electron chi connectivity index (χ3n) is 3.03. The van der Waals surface area contributed by atoms with Crippen LogP contribution in [0.3, 0.4) is 0 Å². The molecule has 1 aromatic carbocycles. The second-order valence-electron chi connectivity index (χ2n) is 4.42. The van der Waals surface area contributed by atoms with Gasteiger partial charge in [0.05, 0.1) is 0 Å². The summed E-state index contributed by atoms with van der Waals surface area (Å²) in [4.78, 5) is 3.93. The van der Waals surface area contributed by atoms with Crippen LogP contribution in [0.4, 0.5) is 13.2 Å². The molecule has 20 heavy (non-hydrogen) atoms. The van der Waals surface area contributed by atoms with Gasteiger partial charge >= 0.3 is 6.18 Å². The van der Waals surface area contributed by atoms with E-state index in [1.165, 1.54) is 6.07 Å². The standard InChI is InChI=1S/C15H10F3NO/c16-15(17,18)14-12-6-2-1-5-11(12)13(20-14)8-10-4-3-7-19-9-10/h1-9,14H/b13-8-. The third kappa shape index (κ3) is 2.27. The molecule has 2 nitrogen and oxygen atoms in total. The monoisotopic (exact) mass is 277 g/mol. The molecule has 1 aromatic heterocycles. The normalized spacial score (nSPS) is 19.8. The van der Waals surface area contributed by atoms with Gasteiger partial charge in [-0.05, 0) is 17.7 Å². The highest BCUT2D eigenvalue weighted by Gasteiger charge is 2.48. The summed E-state index contributed by atoms with van der Waals surface area (Å²) in [5, 5.41) is 0. The molecule has 0 N–H and O–H groups in total. The molecular weight excluding hydrogens is 267 g/mol. The molecule has 0 saturated carbocycles. The Kier molecular flexibility index (Phi) is 2.97. The second kappa shape index (κ2) is 4.67. The summed E-state index contributed by atoms with van der Waals surface area (Å²) < 4.78 is 44.1. The number of aromatic nitrogens is 1. The molecule has 1 aliphatic heterocycles. The van der Waals surface area contributed by atoms with Crippen molar-refractivity contribution in [3.63, 3.8) is 0 Å². The number of alkyl halides is 3. The highest BCUT2D eigenvalue weighted by Crippen LogP contribution is 2.47. The highest BCUT2D eigenvalue weighted by atomic mass is 19.4. The lowest BCUT2D eigenvalue weighted by Gasteiger charge is -2.15. The Hall–Kier alpha value is -2.30. The molecule has 2 aromatic rings. The predicted octanol–water partition coefficient (Wildman–Crippen LogP) is 4.21. The second-order valence-corrected chi connectivity index (χ2v) is 4.42. The Balaban J connectivity index is 2.06. The highest BCUT2D eigenvalue weighted by molar-refractivity contribution is 5.81. The Labute approximate surface area is 113 Å². The fourth-order valence-corrected chi connectivity index (χ4v) is 2.17. The van der Waals surface area contributed by atoms with E-state index in [0.29, 0.717) is 11.1 Å². The number of benzene rings is 1. The van der Waals surface area contributed by atoms with Gasteiger partial charge in [-0.2, -0.15) is 13.2 Å². The quantitative estimate of drug-likeness (QED) is 0.778. The first-order valence-corrected chi connectivity index (χ1v) is 6.00. The van der Waals surface area contributed by atoms with Crippen molar-refractivity contribution in [2.75, 3.05) is 0 Å². The number of pyridine rings is 1. The first-order chi connectivity index (χ1) is 9.55. The van der Waals surface area contributed by atoms with E-state index in [1.807, 2.05) is 0 Å². The minimum absolute atomic E-state index is 0.148. The summed E-state index contributed by atoms with van der Waals surface area (Å²) in [7, 11) is 0. The fraction of sp³-hybridized carbons (Fsp3) is 0.133. The first-order valence-electron chi connectivity index (χ1n) is 6.00. The van der Waals surface area contributed by atoms with Gasteiger partial charge in [-0.3, -0.25) is 4.98 Å². The van der Waals surface area contributed by atoms with Gasteiger partial charge in [-0.1, -0.05) is 30.3 Å². The molecule has 0 radical (unpaired) electrons. The molecule has 102 valence electrons. The molecule has 0 saturated heterocycles. The maximum absolute atomic E-state index is 13.0. The van der Waals surface area contributed by atoms with Gasteiger partial charge in [-0.25, -0.2) is 0 Å². The number of halogens is 3. The molecule has 0 aliphatic carbocycles. The van der Waals surface area contributed by atoms with Gasteiger partial charge in [0.2, 0.25) is 6.10 Å². The number of hydrogen-bond donors (Lipinski definition) is 0. The van der Waals surface area contributed by atoms with E-state index < -0.39 is 12.3 Å². The minimum Gasteiger partial charge on any atom is -0.475 e. The number of hydrogen-bond acceptors (Lipinski definition) is 2. The SMILES string of the molecule is FC(F)(F)C1O/C(=C\c2cccnc2)c2ccccc21. The van der Waals surface area contributed by atoms with Gasteiger partial charge < -0.3 is 4.74 Å². The van der Waals surface area contributed by atoms with Crippen LogP contribution in [0, 0.1) is 0 Å². The number of nitrogens with zero attached hydrogens (tertiary/aromatic N) is 1. The van der Waals surface area contributed by atoms with Crippen LogP contribution in [0.5, 0.6) is 0 Å². The topological polar surface area (TPSA) is 22.1 Å². The Bertz CT molecular complexity index is 650. The molecule has 1 unspecified atom stereocenters. The average Bonchev–Trinajstić information content (AvgIpc) is 2.79. The van der Waals surface area contributed by atoms with Crippen molar-refractivity contribution in [1.82, 2.24) is 4.98 Å². The zero-order valence-corrected chi connectivity index (χ0v) is 10.3. The smallest absolute Gasteiger partial charge is 0.429 e. The summed E-state index contributed by atoms with van der Waals surface area (Å²) >= 11 is 0. The Morgan fingerprint density at radius 3 is 2.60 bits per heavy atom. The number of rotatable bonds is 1. The summed E-state index contributed by atoms with van der Waals surface area (Å²) in [5.74, 6) is 0.218. The summed E-state index contributed by atoms with van der Waals surface area (Å²) in [6.07, 6.45) is -1.59. The van der Waals surface area contributed by atoms with E-state index in [9.17, 15) is 13.2 Å². The summed E-state index contributed by atoms with van der Waals surface area (Å²) in [6, 6.07) is 9.81. The molecular formula is C15H10F3NO. The Morgan fingerprint density at radius 1 is 1.10 bits per heavy atom. The van der Waals surface area contributed by atoms with Gasteiger partial charge in [0.25, 0.3) is 0 Å². The van der Waals surface area contributed by atoms with Crippen LogP contribution >= 0.6 is 0 Å². The molecule has 0 fully saturated rings. The van der Waals surface area contributed by atoms with Crippen molar-refractivity contribution in [1.29, 1.82) is 0 Å². The fourth-order valence-electron chi connectivity index (χ4n) is 2.17. The van der Waals surface area contributed by atoms with Gasteiger partial charge in [0.1, 0.15) is 5.76 Å². The maximum atomic E-state index is 13.0. The van der Waals surface area contributed by atoms with E-state index >= 15 is 0 Å². The van der Waals surface area contributed by atoms with Gasteiger partial charge in [-0.15, -0.1) is 0 Å². The average molecular weight is 277 g/mol. The van der Waals surface area contributed by atoms with E-state index in [2.05, 4.69) is 4.98 Å². The molecule has 0 amide bonds. The minimum atomic E-state index is -4.43. The molecule has 3 rings (SSSR count). The third-order valence-corrected chi connectivity index (χ3v) is 3.03. The van der Waals surface area contributed by atoms with Crippen LogP contribution in [-0.2, 0) is 4.74 Å². The van der Waals surface area contributed by atoms with E-state index in [1.54, 1.807) is 48.8 Å². The number of fused-ring (bicyclic) bond motifs is 1. The van der Waals surface area contributed by atoms with Crippen LogP contribution in [0.2, 0.25) is 0 Å². The zero-order valence-electron chi connectivity index (χ0n) is 10.3. The van der Waals surface area contributed by atoms with Crippen LogP contribution in [-0.4, -0.2) is 11.2 Å². The lowest BCUT2D eigenvalue weighted by Crippen LogP contribution is -2.19. The summed E-state index contributed by atoms with van der Waals surface area (Å²) in [6.45, 7) is 0. The van der Waals surface area contributed by atoms with Gasteiger partial charge in [0.15, 0.2) is 0 Å². The number of ether oxygens (including phenoxy) is 1. The largest absolute Gasteiger partial charge is 0.475 e. The van der Waals surface area contributed by atoms with Crippen molar-refractivity contribution in [2.24, 2.45) is 0 Å². The van der Waals surface area contributed by atoms with Crippen molar-refractivity contribution in [2.45, 2.75) is 12.3 Å². The van der Waals surface area contributed by atoms with Crippen molar-refractivity contribution < 1.29 is 17.9 Å². The van der Waals surface area contributed by atoms with Crippen LogP contribution in [0.15, 0.2) is 48.8 Å². The van der Waals surface area contributed by atoms with Crippen molar-refractivity contribution in [3.8, 4) is 0 Å². The van der Waals surface area contributed by atoms with Crippen molar-refractivity contribution in [3.05, 3.63) is 65.5 Å². The lowest BCUT2D eigenvalue weighted by molar-refractivity contribution is -0.201. The first kappa shape index (κ1) is 12.7. The van der Waals surface area contributed by atoms with Crippen LogP contribution in [0.1, 0.15) is 22.8 Å². The zero-order chi connectivity index (χ0) is 14.2. The van der Waals surface area contributed by atoms with Crippen LogP contribution < -0.4 is 0 Å². The van der Waals surface area contributed by atoms with Crippen molar-refractivity contribution >= 4 is 11.8 Å². The van der Waals surface area contributed by atoms with E-state index in [-0.39, 0.29) is 11.3 Å². The Morgan fingerprint density at radius 2 is 1.90 bits per heavy atom. The maximum Gasteiger partial charge on any atom is 0.429 e. The summed E-state index contributed by atoms with van der Waals surface area (Å²) in [5.41, 5.74) is 1.31. The molecule has 0 bridgehead atoms. The molecule has 5 heteroatoms. The van der Waals surface area contributed by atoms with Gasteiger partial charge in [0, 0.05) is 23.5 Å². The molecule has 2 heterocycles. The molecule has 1 aliphatic rings. The molecule has 0 spiro atoms. The van der Waals surface area contributed by atoms with Crippen LogP contribution in [0.25, 0.3) is 11.8 Å². The van der Waals surface area contributed by atoms with E-state index in [4.69, 9.17) is 4.74 Å². The molecule has 1 atom stereocenters. The van der Waals surface area contributed by atoms with E-state index in [0.717, 1.165) is 0 Å². The predicted molar refractivity (Wildman–Crippen MR) is 68.4 cm³/mol. The lowest BCUT2D eigenvalue weighted by atomic mass is 10.0.